The first kappa shape index (κ1) is 91.0. The van der Waals surface area contributed by atoms with Gasteiger partial charge in [0.15, 0.2) is 27.9 Å². The van der Waals surface area contributed by atoms with Crippen molar-refractivity contribution in [2.45, 2.75) is 0 Å². The first-order valence-corrected chi connectivity index (χ1v) is 51.4. The minimum atomic E-state index is -0.472. The summed E-state index contributed by atoms with van der Waals surface area (Å²) in [6.45, 7) is 0. The molecule has 0 aliphatic carbocycles. The number of rotatable bonds is 11. The number of pyridine rings is 5. The maximum atomic E-state index is 8.29. The van der Waals surface area contributed by atoms with Gasteiger partial charge in [-0.25, -0.2) is 0 Å². The van der Waals surface area contributed by atoms with Crippen molar-refractivity contribution < 1.29 is 59.6 Å². The van der Waals surface area contributed by atoms with Gasteiger partial charge in [0.25, 0.3) is 0 Å². The van der Waals surface area contributed by atoms with E-state index in [4.69, 9.17) is 71.9 Å². The van der Waals surface area contributed by atoms with Crippen LogP contribution in [-0.4, -0.2) is 24.9 Å². The Kier molecular flexibility index (Phi) is 26.5. The van der Waals surface area contributed by atoms with Crippen molar-refractivity contribution in [1.29, 1.82) is 5.26 Å². The second kappa shape index (κ2) is 41.1. The van der Waals surface area contributed by atoms with Crippen LogP contribution < -0.4 is 15.5 Å². The smallest absolute Gasteiger partial charge is 0.455 e. The van der Waals surface area contributed by atoms with Gasteiger partial charge in [-0.05, 0) is 154 Å². The molecular weight excluding hydrogens is 2210 g/mol. The first-order chi connectivity index (χ1) is 69.1. The first-order valence-electron chi connectivity index (χ1n) is 45.0. The maximum Gasteiger partial charge on any atom is 2.00 e. The summed E-state index contributed by atoms with van der Waals surface area (Å²) in [7, 11) is 9.75. The van der Waals surface area contributed by atoms with E-state index in [1.165, 1.54) is 10.8 Å². The van der Waals surface area contributed by atoms with E-state index in [1.54, 1.807) is 30.7 Å². The SMILES string of the molecule is Brc1cccc(-c2cc3c(cn2)oc2ccccc23)c1.N#Cc1ccccc1.Nc1cccc2ccccc12.[Cl][Pt][Cl].[Pt+2].[c-]1c(-c2cc3c(cn2)oc2ccccc23)cccc1N(c1[c-]c(-c2cc3c(cn2)oc2ccccc23)ccc1)c1cccc2ccccc12.c1cc(-c2cc3c(cn2)oc2ccccc23)cc(N(c2cccc(-c3cc4c(cn3)oc3ccccc34)c2)c2cccc3ccccc23)c1. The fourth-order valence-electron chi connectivity index (χ4n) is 18.0. The molecule has 17 aromatic carbocycles. The molecule has 141 heavy (non-hydrogen) atoms. The average molecular weight is 2290 g/mol. The topological polar surface area (TPSA) is 186 Å². The third kappa shape index (κ3) is 18.9. The number of halogens is 3. The van der Waals surface area contributed by atoms with Crippen molar-refractivity contribution in [2.24, 2.45) is 0 Å². The number of furan rings is 5. The molecule has 0 saturated carbocycles. The maximum absolute atomic E-state index is 8.29. The molecule has 0 radical (unpaired) electrons. The van der Waals surface area contributed by atoms with E-state index in [2.05, 4.69) is 298 Å². The van der Waals surface area contributed by atoms with Gasteiger partial charge in [0.1, 0.15) is 27.9 Å². The van der Waals surface area contributed by atoms with Gasteiger partial charge >= 0.3 is 56.4 Å². The quantitative estimate of drug-likeness (QED) is 0.0952. The number of nitrogens with zero attached hydrogens (tertiary/aromatic N) is 8. The zero-order valence-electron chi connectivity index (χ0n) is 74.7. The molecule has 10 aromatic heterocycles. The van der Waals surface area contributed by atoms with Gasteiger partial charge in [0.2, 0.25) is 0 Å². The average Bonchev–Trinajstić information content (AvgIpc) is 1.65. The summed E-state index contributed by atoms with van der Waals surface area (Å²) < 4.78 is 31.1. The minimum absolute atomic E-state index is 0. The predicted octanol–water partition coefficient (Wildman–Crippen LogP) is 34.8. The molecule has 19 heteroatoms. The van der Waals surface area contributed by atoms with Crippen LogP contribution in [0.25, 0.3) is 198 Å². The van der Waals surface area contributed by atoms with E-state index in [9.17, 15) is 0 Å². The summed E-state index contributed by atoms with van der Waals surface area (Å²) in [5.41, 5.74) is 30.7. The van der Waals surface area contributed by atoms with Crippen LogP contribution in [0.2, 0.25) is 0 Å². The van der Waals surface area contributed by atoms with Crippen LogP contribution in [0.3, 0.4) is 0 Å². The minimum Gasteiger partial charge on any atom is -0.455 e. The number of aromatic nitrogens is 5. The molecule has 0 fully saturated rings. The Balaban J connectivity index is 0.000000118. The third-order valence-corrected chi connectivity index (χ3v) is 25.1. The standard InChI is InChI=1S/C44H27N3O2.C44H25N3O2.C17H10BrNO.C10H9N.C7H5N.2ClH.2Pt/c2*1-2-16-33-28(10-1)11-9-19-40(33)47(31-14-7-12-29(22-31)38-24-36-34-17-3-5-20-41(34)48-43(36)26-45-38)32-15-8-13-30(23-32)39-25-37-35-18-4-6-21-42(35)49-44(37)27-46-39;18-12-5-3-4-11(8-12)15-9-14-13-6-1-2-7-16(13)20-17(14)10-19-15;11-10-7-3-5-8-4-1-2-6-9(8)10;8-6-7-4-2-1-3-5-7;;;;/h1-27H;1-21,24-27H;1-10H;1-7H,11H2;1-5H;2*1H;;/q;-2;;;;;;2*+2/p-2. The van der Waals surface area contributed by atoms with Gasteiger partial charge in [0.05, 0.1) is 71.1 Å². The summed E-state index contributed by atoms with van der Waals surface area (Å²) >= 11 is 3.02. The summed E-state index contributed by atoms with van der Waals surface area (Å²) in [4.78, 5) is 28.3. The Labute approximate surface area is 848 Å². The number of anilines is 7. The monoisotopic (exact) mass is 2290 g/mol. The van der Waals surface area contributed by atoms with Crippen LogP contribution in [0.1, 0.15) is 5.56 Å². The van der Waals surface area contributed by atoms with Crippen molar-refractivity contribution in [1.82, 2.24) is 24.9 Å². The number of hydrogen-bond acceptors (Lipinski definition) is 14. The molecule has 0 unspecified atom stereocenters. The van der Waals surface area contributed by atoms with Crippen LogP contribution in [-0.2, 0) is 37.5 Å². The van der Waals surface area contributed by atoms with Crippen LogP contribution in [0, 0.1) is 23.5 Å². The molecule has 2 N–H and O–H groups in total. The Bertz CT molecular complexity index is 8640. The van der Waals surface area contributed by atoms with Crippen molar-refractivity contribution in [3.63, 3.8) is 0 Å². The molecule has 27 aromatic rings. The number of nitrogens with two attached hydrogens (primary N) is 1. The Morgan fingerprint density at radius 2 is 0.567 bits per heavy atom. The summed E-state index contributed by atoms with van der Waals surface area (Å²) in [6.07, 6.45) is 9.06. The second-order valence-corrected chi connectivity index (χ2v) is 37.3. The zero-order valence-corrected chi connectivity index (χ0v) is 82.3. The van der Waals surface area contributed by atoms with E-state index >= 15 is 0 Å². The molecule has 0 atom stereocenters. The largest absolute Gasteiger partial charge is 2.00 e. The number of nitriles is 1. The summed E-state index contributed by atoms with van der Waals surface area (Å²) in [5, 5.41) is 25.9. The van der Waals surface area contributed by atoms with E-state index in [0.29, 0.717) is 5.56 Å². The Morgan fingerprint density at radius 1 is 0.277 bits per heavy atom. The van der Waals surface area contributed by atoms with Crippen molar-refractivity contribution in [2.75, 3.05) is 15.5 Å². The number of para-hydroxylation sites is 5. The molecular formula is C122H76BrCl2N9O5Pt2. The summed E-state index contributed by atoms with van der Waals surface area (Å²) in [5.74, 6) is 0. The third-order valence-electron chi connectivity index (χ3n) is 24.6. The fourth-order valence-corrected chi connectivity index (χ4v) is 18.4. The van der Waals surface area contributed by atoms with Crippen LogP contribution >= 0.6 is 34.8 Å². The predicted molar refractivity (Wildman–Crippen MR) is 573 cm³/mol. The summed E-state index contributed by atoms with van der Waals surface area (Å²) in [6, 6.07) is 151. The number of benzene rings is 17. The van der Waals surface area contributed by atoms with Gasteiger partial charge in [-0.2, -0.15) is 5.26 Å². The molecule has 0 aliphatic heterocycles. The molecule has 680 valence electrons. The van der Waals surface area contributed by atoms with Gasteiger partial charge in [-0.3, -0.25) is 15.0 Å². The van der Waals surface area contributed by atoms with Crippen LogP contribution in [0.15, 0.2) is 476 Å². The molecule has 0 amide bonds. The van der Waals surface area contributed by atoms with Crippen molar-refractivity contribution >= 4 is 217 Å². The van der Waals surface area contributed by atoms with Crippen molar-refractivity contribution in [3.8, 4) is 62.4 Å². The van der Waals surface area contributed by atoms with E-state index in [-0.39, 0.29) is 21.1 Å². The molecule has 0 spiro atoms. The number of nitrogen functional groups attached to an aromatic ring is 1. The normalized spacial score (nSPS) is 11.1. The molecule has 0 saturated heterocycles. The van der Waals surface area contributed by atoms with Gasteiger partial charge in [-0.15, -0.1) is 59.7 Å². The van der Waals surface area contributed by atoms with Crippen molar-refractivity contribution in [3.05, 3.63) is 472 Å². The van der Waals surface area contributed by atoms with E-state index < -0.39 is 16.5 Å². The molecule has 0 bridgehead atoms. The Hall–Kier alpha value is -16.4. The molecule has 0 aliphatic rings. The van der Waals surface area contributed by atoms with Crippen LogP contribution in [0.4, 0.5) is 39.8 Å². The van der Waals surface area contributed by atoms with Gasteiger partial charge < -0.3 is 47.6 Å². The van der Waals surface area contributed by atoms with Crippen LogP contribution in [0.5, 0.6) is 0 Å². The molecule has 10 heterocycles. The fraction of sp³-hybridized carbons (Fsp3) is 0. The number of fused-ring (bicyclic) bond motifs is 18. The van der Waals surface area contributed by atoms with Gasteiger partial charge in [-0.1, -0.05) is 283 Å². The van der Waals surface area contributed by atoms with E-state index in [1.807, 2.05) is 170 Å². The van der Waals surface area contributed by atoms with Gasteiger partial charge in [0, 0.05) is 108 Å². The second-order valence-electron chi connectivity index (χ2n) is 33.1. The molecule has 27 rings (SSSR count). The Morgan fingerprint density at radius 3 is 0.936 bits per heavy atom. The zero-order chi connectivity index (χ0) is 94.4. The number of hydrogen-bond donors (Lipinski definition) is 1. The van der Waals surface area contributed by atoms with E-state index in [0.717, 1.165) is 232 Å². The molecule has 14 nitrogen and oxygen atoms in total.